The van der Waals surface area contributed by atoms with Crippen molar-refractivity contribution in [1.82, 2.24) is 9.55 Å². The molecular formula is C16H21N3O2. The van der Waals surface area contributed by atoms with E-state index in [4.69, 9.17) is 4.98 Å². The molecule has 1 heterocycles. The standard InChI is InChI=1S/C16H21N3O2/c1-11(2)15-17-14(10-18(15)5)16(3,4)12-7-6-8-13(9-12)19(20)21/h6-11H,1-5H3. The lowest BCUT2D eigenvalue weighted by Gasteiger charge is -2.22. The highest BCUT2D eigenvalue weighted by Gasteiger charge is 2.28. The molecule has 0 atom stereocenters. The second kappa shape index (κ2) is 5.31. The minimum atomic E-state index is -0.378. The molecule has 21 heavy (non-hydrogen) atoms. The number of nitro benzene ring substituents is 1. The number of hydrogen-bond donors (Lipinski definition) is 0. The molecule has 5 heteroatoms. The molecule has 0 aliphatic heterocycles. The minimum absolute atomic E-state index is 0.112. The molecule has 1 aromatic carbocycles. The maximum absolute atomic E-state index is 10.9. The van der Waals surface area contributed by atoms with E-state index in [-0.39, 0.29) is 16.0 Å². The fraction of sp³-hybridized carbons (Fsp3) is 0.438. The van der Waals surface area contributed by atoms with Gasteiger partial charge in [0.05, 0.1) is 10.6 Å². The number of nitro groups is 1. The van der Waals surface area contributed by atoms with Crippen LogP contribution in [0.3, 0.4) is 0 Å². The van der Waals surface area contributed by atoms with Crippen LogP contribution in [0.25, 0.3) is 0 Å². The van der Waals surface area contributed by atoms with Gasteiger partial charge in [-0.15, -0.1) is 0 Å². The first-order valence-corrected chi connectivity index (χ1v) is 7.02. The summed E-state index contributed by atoms with van der Waals surface area (Å²) in [6.07, 6.45) is 2.01. The summed E-state index contributed by atoms with van der Waals surface area (Å²) in [4.78, 5) is 15.3. The van der Waals surface area contributed by atoms with Crippen LogP contribution in [0.15, 0.2) is 30.5 Å². The van der Waals surface area contributed by atoms with Crippen molar-refractivity contribution in [2.24, 2.45) is 7.05 Å². The summed E-state index contributed by atoms with van der Waals surface area (Å²) in [6.45, 7) is 8.29. The van der Waals surface area contributed by atoms with Crippen molar-refractivity contribution in [1.29, 1.82) is 0 Å². The second-order valence-corrected chi connectivity index (χ2v) is 6.18. The predicted octanol–water partition coefficient (Wildman–Crippen LogP) is 3.78. The van der Waals surface area contributed by atoms with Crippen LogP contribution in [0.1, 0.15) is 50.7 Å². The van der Waals surface area contributed by atoms with Crippen LogP contribution >= 0.6 is 0 Å². The molecular weight excluding hydrogens is 266 g/mol. The van der Waals surface area contributed by atoms with Crippen LogP contribution in [-0.2, 0) is 12.5 Å². The summed E-state index contributed by atoms with van der Waals surface area (Å²) in [5, 5.41) is 10.9. The van der Waals surface area contributed by atoms with Crippen LogP contribution < -0.4 is 0 Å². The van der Waals surface area contributed by atoms with Gasteiger partial charge in [-0.05, 0) is 5.56 Å². The Morgan fingerprint density at radius 2 is 2.00 bits per heavy atom. The summed E-state index contributed by atoms with van der Waals surface area (Å²) in [5.41, 5.74) is 1.55. The molecule has 0 amide bonds. The lowest BCUT2D eigenvalue weighted by atomic mass is 9.82. The minimum Gasteiger partial charge on any atom is -0.337 e. The number of hydrogen-bond acceptors (Lipinski definition) is 3. The van der Waals surface area contributed by atoms with E-state index in [1.165, 1.54) is 6.07 Å². The van der Waals surface area contributed by atoms with Crippen molar-refractivity contribution in [2.45, 2.75) is 39.0 Å². The molecule has 0 spiro atoms. The number of non-ortho nitro benzene ring substituents is 1. The monoisotopic (exact) mass is 287 g/mol. The fourth-order valence-corrected chi connectivity index (χ4v) is 2.47. The highest BCUT2D eigenvalue weighted by Crippen LogP contribution is 2.33. The van der Waals surface area contributed by atoms with Crippen molar-refractivity contribution >= 4 is 5.69 Å². The van der Waals surface area contributed by atoms with E-state index in [2.05, 4.69) is 13.8 Å². The lowest BCUT2D eigenvalue weighted by molar-refractivity contribution is -0.384. The average Bonchev–Trinajstić information content (AvgIpc) is 2.82. The molecule has 2 rings (SSSR count). The molecule has 0 saturated heterocycles. The van der Waals surface area contributed by atoms with E-state index in [9.17, 15) is 10.1 Å². The van der Waals surface area contributed by atoms with Gasteiger partial charge in [-0.1, -0.05) is 39.8 Å². The van der Waals surface area contributed by atoms with E-state index >= 15 is 0 Å². The van der Waals surface area contributed by atoms with Gasteiger partial charge in [0, 0.05) is 36.7 Å². The van der Waals surface area contributed by atoms with Crippen molar-refractivity contribution in [3.05, 3.63) is 57.7 Å². The Kier molecular flexibility index (Phi) is 3.85. The van der Waals surface area contributed by atoms with Gasteiger partial charge in [-0.3, -0.25) is 10.1 Å². The number of benzene rings is 1. The molecule has 0 bridgehead atoms. The van der Waals surface area contributed by atoms with Gasteiger partial charge in [-0.2, -0.15) is 0 Å². The summed E-state index contributed by atoms with van der Waals surface area (Å²) in [6, 6.07) is 6.78. The molecule has 112 valence electrons. The first kappa shape index (κ1) is 15.2. The average molecular weight is 287 g/mol. The molecule has 2 aromatic rings. The number of aromatic nitrogens is 2. The summed E-state index contributed by atoms with van der Waals surface area (Å²) >= 11 is 0. The first-order chi connectivity index (χ1) is 9.73. The molecule has 0 radical (unpaired) electrons. The SMILES string of the molecule is CC(C)c1nc(C(C)(C)c2cccc([N+](=O)[O-])c2)cn1C. The Labute approximate surface area is 124 Å². The third-order valence-electron chi connectivity index (χ3n) is 3.85. The van der Waals surface area contributed by atoms with Gasteiger partial charge in [0.1, 0.15) is 5.82 Å². The zero-order chi connectivity index (χ0) is 15.8. The van der Waals surface area contributed by atoms with Gasteiger partial charge in [-0.25, -0.2) is 4.98 Å². The highest BCUT2D eigenvalue weighted by atomic mass is 16.6. The molecule has 0 aliphatic carbocycles. The van der Waals surface area contributed by atoms with Crippen LogP contribution in [0.4, 0.5) is 5.69 Å². The van der Waals surface area contributed by atoms with Gasteiger partial charge in [0.2, 0.25) is 0 Å². The van der Waals surface area contributed by atoms with E-state index in [0.717, 1.165) is 17.1 Å². The van der Waals surface area contributed by atoms with Gasteiger partial charge in [0.25, 0.3) is 5.69 Å². The zero-order valence-electron chi connectivity index (χ0n) is 13.1. The van der Waals surface area contributed by atoms with Crippen molar-refractivity contribution in [3.63, 3.8) is 0 Å². The quantitative estimate of drug-likeness (QED) is 0.635. The van der Waals surface area contributed by atoms with E-state index < -0.39 is 0 Å². The molecule has 0 saturated carbocycles. The number of imidazole rings is 1. The first-order valence-electron chi connectivity index (χ1n) is 7.02. The topological polar surface area (TPSA) is 61.0 Å². The summed E-state index contributed by atoms with van der Waals surface area (Å²) < 4.78 is 2.03. The third kappa shape index (κ3) is 2.82. The Morgan fingerprint density at radius 3 is 2.52 bits per heavy atom. The maximum atomic E-state index is 10.9. The molecule has 5 nitrogen and oxygen atoms in total. The van der Waals surface area contributed by atoms with Crippen LogP contribution in [0, 0.1) is 10.1 Å². The van der Waals surface area contributed by atoms with E-state index in [1.807, 2.05) is 37.7 Å². The van der Waals surface area contributed by atoms with Crippen LogP contribution in [0.2, 0.25) is 0 Å². The molecule has 0 fully saturated rings. The van der Waals surface area contributed by atoms with Crippen molar-refractivity contribution < 1.29 is 4.92 Å². The normalized spacial score (nSPS) is 11.9. The highest BCUT2D eigenvalue weighted by molar-refractivity contribution is 5.41. The smallest absolute Gasteiger partial charge is 0.269 e. The Balaban J connectivity index is 2.48. The van der Waals surface area contributed by atoms with Crippen LogP contribution in [-0.4, -0.2) is 14.5 Å². The number of nitrogens with zero attached hydrogens (tertiary/aromatic N) is 3. The fourth-order valence-electron chi connectivity index (χ4n) is 2.47. The van der Waals surface area contributed by atoms with Crippen LogP contribution in [0.5, 0.6) is 0 Å². The second-order valence-electron chi connectivity index (χ2n) is 6.18. The number of rotatable bonds is 4. The molecule has 1 aromatic heterocycles. The number of aryl methyl sites for hydroxylation is 1. The van der Waals surface area contributed by atoms with Gasteiger partial charge < -0.3 is 4.57 Å². The zero-order valence-corrected chi connectivity index (χ0v) is 13.1. The Morgan fingerprint density at radius 1 is 1.33 bits per heavy atom. The van der Waals surface area contributed by atoms with Gasteiger partial charge >= 0.3 is 0 Å². The molecule has 0 unspecified atom stereocenters. The van der Waals surface area contributed by atoms with Crippen molar-refractivity contribution in [2.75, 3.05) is 0 Å². The molecule has 0 N–H and O–H groups in total. The largest absolute Gasteiger partial charge is 0.337 e. The van der Waals surface area contributed by atoms with E-state index in [1.54, 1.807) is 12.1 Å². The Hall–Kier alpha value is -2.17. The van der Waals surface area contributed by atoms with Gasteiger partial charge in [0.15, 0.2) is 0 Å². The third-order valence-corrected chi connectivity index (χ3v) is 3.85. The summed E-state index contributed by atoms with van der Waals surface area (Å²) in [7, 11) is 1.98. The van der Waals surface area contributed by atoms with Crippen molar-refractivity contribution in [3.8, 4) is 0 Å². The maximum Gasteiger partial charge on any atom is 0.269 e. The lowest BCUT2D eigenvalue weighted by Crippen LogP contribution is -2.19. The summed E-state index contributed by atoms with van der Waals surface area (Å²) in [5.74, 6) is 1.35. The Bertz CT molecular complexity index is 672. The predicted molar refractivity (Wildman–Crippen MR) is 82.5 cm³/mol. The molecule has 0 aliphatic rings. The van der Waals surface area contributed by atoms with E-state index in [0.29, 0.717) is 5.92 Å².